The Labute approximate surface area is 112 Å². The highest BCUT2D eigenvalue weighted by atomic mass is 127. The lowest BCUT2D eigenvalue weighted by Gasteiger charge is -2.46. The van der Waals surface area contributed by atoms with Gasteiger partial charge in [-0.2, -0.15) is 0 Å². The van der Waals surface area contributed by atoms with Crippen molar-refractivity contribution in [3.8, 4) is 0 Å². The van der Waals surface area contributed by atoms with E-state index in [1.807, 2.05) is 11.4 Å². The minimum absolute atomic E-state index is 0.0597. The summed E-state index contributed by atoms with van der Waals surface area (Å²) in [7, 11) is 0. The molecule has 1 aliphatic heterocycles. The van der Waals surface area contributed by atoms with E-state index >= 15 is 0 Å². The normalized spacial score (nSPS) is 23.0. The first-order chi connectivity index (χ1) is 7.58. The molecule has 0 bridgehead atoms. The monoisotopic (exact) mass is 349 g/mol. The van der Waals surface area contributed by atoms with Gasteiger partial charge in [-0.15, -0.1) is 11.3 Å². The van der Waals surface area contributed by atoms with Crippen LogP contribution in [0.5, 0.6) is 0 Å². The number of aliphatic hydroxyl groups is 1. The Bertz CT molecular complexity index is 435. The molecular weight excluding hydrogens is 337 g/mol. The zero-order chi connectivity index (χ0) is 11.3. The highest BCUT2D eigenvalue weighted by molar-refractivity contribution is 14.1. The largest absolute Gasteiger partial charge is 0.386 e. The van der Waals surface area contributed by atoms with Crippen molar-refractivity contribution in [1.82, 2.24) is 4.90 Å². The predicted octanol–water partition coefficient (Wildman–Crippen LogP) is 1.95. The van der Waals surface area contributed by atoms with Crippen LogP contribution in [0.1, 0.15) is 23.2 Å². The van der Waals surface area contributed by atoms with Crippen molar-refractivity contribution in [3.05, 3.63) is 19.9 Å². The van der Waals surface area contributed by atoms with Gasteiger partial charge in [-0.05, 0) is 47.4 Å². The van der Waals surface area contributed by atoms with E-state index < -0.39 is 5.60 Å². The van der Waals surface area contributed by atoms with Crippen LogP contribution in [0.25, 0.3) is 0 Å². The van der Waals surface area contributed by atoms with Crippen LogP contribution in [0.4, 0.5) is 0 Å². The van der Waals surface area contributed by atoms with Crippen LogP contribution in [-0.2, 0) is 0 Å². The fourth-order valence-corrected chi connectivity index (χ4v) is 3.56. The molecule has 1 saturated carbocycles. The first-order valence-electron chi connectivity index (χ1n) is 5.34. The first kappa shape index (κ1) is 11.0. The number of nitrogens with zero attached hydrogens (tertiary/aromatic N) is 1. The quantitative estimate of drug-likeness (QED) is 0.830. The standard InChI is InChI=1S/C11H12INO2S/c12-9-3-7(4-16-9)10(14)13-5-11(15,6-13)8-1-2-8/h3-4,8,15H,1-2,5-6H2. The van der Waals surface area contributed by atoms with Crippen molar-refractivity contribution in [2.45, 2.75) is 18.4 Å². The summed E-state index contributed by atoms with van der Waals surface area (Å²) in [5.74, 6) is 0.503. The summed E-state index contributed by atoms with van der Waals surface area (Å²) in [5, 5.41) is 12.0. The van der Waals surface area contributed by atoms with E-state index in [-0.39, 0.29) is 5.91 Å². The summed E-state index contributed by atoms with van der Waals surface area (Å²) in [5.41, 5.74) is 0.186. The van der Waals surface area contributed by atoms with Crippen LogP contribution in [0, 0.1) is 8.80 Å². The Morgan fingerprint density at radius 3 is 2.75 bits per heavy atom. The Morgan fingerprint density at radius 1 is 1.56 bits per heavy atom. The molecule has 0 aromatic carbocycles. The van der Waals surface area contributed by atoms with Gasteiger partial charge in [-0.3, -0.25) is 4.79 Å². The van der Waals surface area contributed by atoms with Crippen molar-refractivity contribution in [1.29, 1.82) is 0 Å². The summed E-state index contributed by atoms with van der Waals surface area (Å²) >= 11 is 3.79. The van der Waals surface area contributed by atoms with Gasteiger partial charge in [0.05, 0.1) is 21.5 Å². The molecule has 16 heavy (non-hydrogen) atoms. The van der Waals surface area contributed by atoms with E-state index in [9.17, 15) is 9.90 Å². The zero-order valence-corrected chi connectivity index (χ0v) is 11.6. The maximum atomic E-state index is 12.0. The highest BCUT2D eigenvalue weighted by Crippen LogP contribution is 2.44. The molecule has 0 radical (unpaired) electrons. The average Bonchev–Trinajstić information content (AvgIpc) is 2.96. The minimum Gasteiger partial charge on any atom is -0.386 e. The topological polar surface area (TPSA) is 40.5 Å². The number of rotatable bonds is 2. The Hall–Kier alpha value is -0.140. The van der Waals surface area contributed by atoms with Crippen molar-refractivity contribution < 1.29 is 9.90 Å². The third kappa shape index (κ3) is 1.78. The van der Waals surface area contributed by atoms with Gasteiger partial charge in [0, 0.05) is 5.38 Å². The molecular formula is C11H12INO2S. The Morgan fingerprint density at radius 2 is 2.25 bits per heavy atom. The fourth-order valence-electron chi connectivity index (χ4n) is 2.24. The van der Waals surface area contributed by atoms with Gasteiger partial charge < -0.3 is 10.0 Å². The lowest BCUT2D eigenvalue weighted by molar-refractivity contribution is -0.0957. The number of hydrogen-bond donors (Lipinski definition) is 1. The van der Waals surface area contributed by atoms with Gasteiger partial charge in [0.25, 0.3) is 5.91 Å². The van der Waals surface area contributed by atoms with Crippen LogP contribution >= 0.6 is 33.9 Å². The van der Waals surface area contributed by atoms with E-state index in [1.54, 1.807) is 16.2 Å². The van der Waals surface area contributed by atoms with E-state index in [0.717, 1.165) is 21.3 Å². The second kappa shape index (κ2) is 3.68. The van der Waals surface area contributed by atoms with Gasteiger partial charge in [-0.25, -0.2) is 0 Å². The molecule has 5 heteroatoms. The molecule has 2 heterocycles. The molecule has 3 nitrogen and oxygen atoms in total. The summed E-state index contributed by atoms with van der Waals surface area (Å²) in [6.07, 6.45) is 2.24. The Kier molecular flexibility index (Phi) is 2.52. The molecule has 1 aromatic rings. The molecule has 0 atom stereocenters. The van der Waals surface area contributed by atoms with E-state index in [1.165, 1.54) is 0 Å². The number of β-amino-alcohol motifs (C(OH)–C–C–N with tert-alkyl or cyclic N) is 1. The molecule has 86 valence electrons. The van der Waals surface area contributed by atoms with Crippen LogP contribution < -0.4 is 0 Å². The van der Waals surface area contributed by atoms with Gasteiger partial charge in [0.1, 0.15) is 5.60 Å². The minimum atomic E-state index is -0.571. The van der Waals surface area contributed by atoms with Crippen LogP contribution in [0.2, 0.25) is 0 Å². The van der Waals surface area contributed by atoms with Crippen molar-refractivity contribution in [2.75, 3.05) is 13.1 Å². The van der Waals surface area contributed by atoms with Gasteiger partial charge >= 0.3 is 0 Å². The maximum absolute atomic E-state index is 12.0. The molecule has 0 spiro atoms. The molecule has 1 N–H and O–H groups in total. The number of carbonyl (C=O) groups is 1. The lowest BCUT2D eigenvalue weighted by Crippen LogP contribution is -2.64. The Balaban J connectivity index is 1.66. The summed E-state index contributed by atoms with van der Waals surface area (Å²) in [4.78, 5) is 13.7. The van der Waals surface area contributed by atoms with E-state index in [4.69, 9.17) is 0 Å². The van der Waals surface area contributed by atoms with Gasteiger partial charge in [0.15, 0.2) is 0 Å². The number of amides is 1. The molecule has 0 unspecified atom stereocenters. The number of likely N-dealkylation sites (tertiary alicyclic amines) is 1. The summed E-state index contributed by atoms with van der Waals surface area (Å²) < 4.78 is 1.12. The van der Waals surface area contributed by atoms with Crippen LogP contribution in [0.3, 0.4) is 0 Å². The van der Waals surface area contributed by atoms with Crippen molar-refractivity contribution in [3.63, 3.8) is 0 Å². The molecule has 2 fully saturated rings. The van der Waals surface area contributed by atoms with Gasteiger partial charge in [0.2, 0.25) is 0 Å². The molecule has 1 aliphatic carbocycles. The molecule has 2 aliphatic rings. The molecule has 1 amide bonds. The highest BCUT2D eigenvalue weighted by Gasteiger charge is 2.53. The number of thiophene rings is 1. The molecule has 3 rings (SSSR count). The smallest absolute Gasteiger partial charge is 0.254 e. The van der Waals surface area contributed by atoms with Gasteiger partial charge in [-0.1, -0.05) is 0 Å². The predicted molar refractivity (Wildman–Crippen MR) is 70.6 cm³/mol. The average molecular weight is 349 g/mol. The third-order valence-electron chi connectivity index (χ3n) is 3.37. The third-order valence-corrected chi connectivity index (χ3v) is 5.16. The van der Waals surface area contributed by atoms with Crippen molar-refractivity contribution in [2.24, 2.45) is 5.92 Å². The van der Waals surface area contributed by atoms with Crippen molar-refractivity contribution >= 4 is 39.8 Å². The molecule has 1 saturated heterocycles. The van der Waals surface area contributed by atoms with Crippen LogP contribution in [0.15, 0.2) is 11.4 Å². The maximum Gasteiger partial charge on any atom is 0.254 e. The van der Waals surface area contributed by atoms with E-state index in [2.05, 4.69) is 22.6 Å². The number of halogens is 1. The summed E-state index contributed by atoms with van der Waals surface area (Å²) in [6.45, 7) is 1.03. The SMILES string of the molecule is O=C(c1csc(I)c1)N1CC(O)(C2CC2)C1. The first-order valence-corrected chi connectivity index (χ1v) is 7.30. The lowest BCUT2D eigenvalue weighted by atomic mass is 9.88. The zero-order valence-electron chi connectivity index (χ0n) is 8.65. The van der Waals surface area contributed by atoms with Crippen LogP contribution in [-0.4, -0.2) is 34.6 Å². The number of carbonyl (C=O) groups excluding carboxylic acids is 1. The second-order valence-electron chi connectivity index (χ2n) is 4.68. The summed E-state index contributed by atoms with van der Waals surface area (Å²) in [6, 6.07) is 1.90. The second-order valence-corrected chi connectivity index (χ2v) is 7.48. The van der Waals surface area contributed by atoms with E-state index in [0.29, 0.717) is 19.0 Å². The number of hydrogen-bond acceptors (Lipinski definition) is 3. The molecule has 1 aromatic heterocycles. The fraction of sp³-hybridized carbons (Fsp3) is 0.545.